The summed E-state index contributed by atoms with van der Waals surface area (Å²) >= 11 is 0. The molecule has 1 aromatic carbocycles. The summed E-state index contributed by atoms with van der Waals surface area (Å²) in [6.45, 7) is 0.811. The zero-order chi connectivity index (χ0) is 20.3. The number of amides is 2. The molecule has 8 heteroatoms. The lowest BCUT2D eigenvalue weighted by molar-refractivity contribution is -0.146. The van der Waals surface area contributed by atoms with Gasteiger partial charge in [-0.05, 0) is 30.5 Å². The Morgan fingerprint density at radius 1 is 1.29 bits per heavy atom. The van der Waals surface area contributed by atoms with Crippen molar-refractivity contribution in [3.63, 3.8) is 0 Å². The molecule has 2 N–H and O–H groups in total. The van der Waals surface area contributed by atoms with Crippen LogP contribution in [0.15, 0.2) is 24.4 Å². The Morgan fingerprint density at radius 2 is 2.00 bits per heavy atom. The van der Waals surface area contributed by atoms with Gasteiger partial charge in [-0.3, -0.25) is 14.4 Å². The number of benzene rings is 1. The molecule has 2 heterocycles. The lowest BCUT2D eigenvalue weighted by Gasteiger charge is -2.31. The molecule has 2 amide bonds. The van der Waals surface area contributed by atoms with Gasteiger partial charge in [0.05, 0.1) is 26.0 Å². The van der Waals surface area contributed by atoms with Crippen molar-refractivity contribution < 1.29 is 24.2 Å². The number of likely N-dealkylation sites (N-methyl/N-ethyl adjacent to an activating group) is 1. The van der Waals surface area contributed by atoms with Crippen LogP contribution in [0.2, 0.25) is 0 Å². The van der Waals surface area contributed by atoms with Crippen molar-refractivity contribution in [3.8, 4) is 5.75 Å². The summed E-state index contributed by atoms with van der Waals surface area (Å²) in [5.74, 6) is -0.827. The smallest absolute Gasteiger partial charge is 0.306 e. The molecule has 0 spiro atoms. The van der Waals surface area contributed by atoms with Gasteiger partial charge in [-0.1, -0.05) is 6.07 Å². The Balaban J connectivity index is 1.60. The molecule has 150 valence electrons. The molecule has 1 saturated heterocycles. The number of rotatable bonds is 6. The molecule has 1 aliphatic heterocycles. The van der Waals surface area contributed by atoms with E-state index in [0.717, 1.165) is 16.5 Å². The predicted octanol–water partition coefficient (Wildman–Crippen LogP) is 1.50. The van der Waals surface area contributed by atoms with Crippen molar-refractivity contribution >= 4 is 28.7 Å². The van der Waals surface area contributed by atoms with Gasteiger partial charge in [0.25, 0.3) is 0 Å². The van der Waals surface area contributed by atoms with Gasteiger partial charge >= 0.3 is 5.97 Å². The Labute approximate surface area is 163 Å². The summed E-state index contributed by atoms with van der Waals surface area (Å²) in [7, 11) is 3.20. The van der Waals surface area contributed by atoms with Gasteiger partial charge in [-0.25, -0.2) is 0 Å². The lowest BCUT2D eigenvalue weighted by Crippen LogP contribution is -2.45. The molecular formula is C20H25N3O5. The first kappa shape index (κ1) is 19.7. The van der Waals surface area contributed by atoms with E-state index in [1.807, 2.05) is 18.2 Å². The third-order valence-corrected chi connectivity index (χ3v) is 5.31. The average molecular weight is 387 g/mol. The first-order valence-electron chi connectivity index (χ1n) is 9.28. The Hall–Kier alpha value is -3.03. The zero-order valence-electron chi connectivity index (χ0n) is 16.1. The number of carbonyl (C=O) groups is 3. The number of methoxy groups -OCH3 is 1. The molecule has 1 fully saturated rings. The van der Waals surface area contributed by atoms with Crippen molar-refractivity contribution in [3.05, 3.63) is 30.0 Å². The van der Waals surface area contributed by atoms with Crippen LogP contribution in [0.3, 0.4) is 0 Å². The standard InChI is InChI=1S/C20H25N3O5/c1-22(12-18(25)23-8-6-13(7-9-23)20(26)27)17(24)10-14-11-21-15-4-3-5-16(28-2)19(14)15/h3-5,11,13,21H,6-10,12H2,1-2H3,(H,26,27). The zero-order valence-corrected chi connectivity index (χ0v) is 16.1. The summed E-state index contributed by atoms with van der Waals surface area (Å²) < 4.78 is 5.39. The maximum absolute atomic E-state index is 12.6. The molecule has 0 saturated carbocycles. The minimum absolute atomic E-state index is 0.0178. The summed E-state index contributed by atoms with van der Waals surface area (Å²) in [6.07, 6.45) is 2.85. The van der Waals surface area contributed by atoms with Gasteiger partial charge in [0, 0.05) is 37.2 Å². The number of fused-ring (bicyclic) bond motifs is 1. The monoisotopic (exact) mass is 387 g/mol. The van der Waals surface area contributed by atoms with Crippen molar-refractivity contribution in [2.45, 2.75) is 19.3 Å². The van der Waals surface area contributed by atoms with Crippen LogP contribution in [0.5, 0.6) is 5.75 Å². The van der Waals surface area contributed by atoms with E-state index in [-0.39, 0.29) is 30.7 Å². The number of hydrogen-bond donors (Lipinski definition) is 2. The number of aromatic nitrogens is 1. The maximum Gasteiger partial charge on any atom is 0.306 e. The second-order valence-electron chi connectivity index (χ2n) is 7.12. The maximum atomic E-state index is 12.6. The van der Waals surface area contributed by atoms with E-state index in [4.69, 9.17) is 9.84 Å². The average Bonchev–Trinajstić information content (AvgIpc) is 3.10. The highest BCUT2D eigenvalue weighted by Gasteiger charge is 2.28. The molecule has 0 aliphatic carbocycles. The number of piperidine rings is 1. The van der Waals surface area contributed by atoms with Crippen LogP contribution >= 0.6 is 0 Å². The molecule has 0 bridgehead atoms. The van der Waals surface area contributed by atoms with Gasteiger partial charge in [0.15, 0.2) is 0 Å². The minimum atomic E-state index is -0.812. The van der Waals surface area contributed by atoms with Gasteiger partial charge in [0.1, 0.15) is 5.75 Å². The molecule has 0 radical (unpaired) electrons. The number of carboxylic acid groups (broad SMARTS) is 1. The Morgan fingerprint density at radius 3 is 2.64 bits per heavy atom. The number of carbonyl (C=O) groups excluding carboxylic acids is 2. The van der Waals surface area contributed by atoms with Gasteiger partial charge in [-0.2, -0.15) is 0 Å². The fraction of sp³-hybridized carbons (Fsp3) is 0.450. The Kier molecular flexibility index (Phi) is 5.87. The molecule has 0 unspecified atom stereocenters. The number of ether oxygens (including phenoxy) is 1. The molecular weight excluding hydrogens is 362 g/mol. The van der Waals surface area contributed by atoms with E-state index in [1.54, 1.807) is 25.3 Å². The number of nitrogens with one attached hydrogen (secondary N) is 1. The van der Waals surface area contributed by atoms with Crippen LogP contribution in [0, 0.1) is 5.92 Å². The molecule has 28 heavy (non-hydrogen) atoms. The third-order valence-electron chi connectivity index (χ3n) is 5.31. The van der Waals surface area contributed by atoms with Crippen LogP contribution in [-0.2, 0) is 20.8 Å². The second-order valence-corrected chi connectivity index (χ2v) is 7.12. The van der Waals surface area contributed by atoms with Crippen molar-refractivity contribution in [1.29, 1.82) is 0 Å². The highest BCUT2D eigenvalue weighted by atomic mass is 16.5. The topological polar surface area (TPSA) is 103 Å². The number of hydrogen-bond acceptors (Lipinski definition) is 4. The van der Waals surface area contributed by atoms with Gasteiger partial charge in [-0.15, -0.1) is 0 Å². The third kappa shape index (κ3) is 4.11. The summed E-state index contributed by atoms with van der Waals surface area (Å²) in [4.78, 5) is 42.3. The number of aromatic amines is 1. The van der Waals surface area contributed by atoms with Crippen LogP contribution < -0.4 is 4.74 Å². The SMILES string of the molecule is COc1cccc2[nH]cc(CC(=O)N(C)CC(=O)N3CCC(C(=O)O)CC3)c12. The fourth-order valence-corrected chi connectivity index (χ4v) is 3.59. The predicted molar refractivity (Wildman–Crippen MR) is 103 cm³/mol. The quantitative estimate of drug-likeness (QED) is 0.782. The van der Waals surface area contributed by atoms with Crippen LogP contribution in [0.4, 0.5) is 0 Å². The summed E-state index contributed by atoms with van der Waals surface area (Å²) in [6, 6.07) is 5.64. The van der Waals surface area contributed by atoms with E-state index >= 15 is 0 Å². The summed E-state index contributed by atoms with van der Waals surface area (Å²) in [5, 5.41) is 9.92. The number of aliphatic carboxylic acids is 1. The van der Waals surface area contributed by atoms with Crippen LogP contribution in [-0.4, -0.2) is 71.5 Å². The fourth-order valence-electron chi connectivity index (χ4n) is 3.59. The number of likely N-dealkylation sites (tertiary alicyclic amines) is 1. The van der Waals surface area contributed by atoms with E-state index in [1.165, 1.54) is 4.90 Å². The second kappa shape index (κ2) is 8.33. The van der Waals surface area contributed by atoms with Gasteiger partial charge < -0.3 is 24.6 Å². The number of H-pyrrole nitrogens is 1. The van der Waals surface area contributed by atoms with E-state index in [2.05, 4.69) is 4.98 Å². The molecule has 1 aromatic heterocycles. The molecule has 2 aromatic rings. The first-order chi connectivity index (χ1) is 13.4. The van der Waals surface area contributed by atoms with E-state index in [9.17, 15) is 14.4 Å². The van der Waals surface area contributed by atoms with Crippen LogP contribution in [0.25, 0.3) is 10.9 Å². The highest BCUT2D eigenvalue weighted by molar-refractivity contribution is 5.94. The van der Waals surface area contributed by atoms with E-state index in [0.29, 0.717) is 31.7 Å². The van der Waals surface area contributed by atoms with Crippen molar-refractivity contribution in [2.24, 2.45) is 5.92 Å². The first-order valence-corrected chi connectivity index (χ1v) is 9.28. The molecule has 0 atom stereocenters. The van der Waals surface area contributed by atoms with Crippen molar-refractivity contribution in [1.82, 2.24) is 14.8 Å². The number of carboxylic acids is 1. The largest absolute Gasteiger partial charge is 0.496 e. The summed E-state index contributed by atoms with van der Waals surface area (Å²) in [5.41, 5.74) is 1.71. The normalized spacial score (nSPS) is 14.9. The Bertz CT molecular complexity index is 883. The van der Waals surface area contributed by atoms with E-state index < -0.39 is 5.97 Å². The lowest BCUT2D eigenvalue weighted by atomic mass is 9.97. The van der Waals surface area contributed by atoms with Gasteiger partial charge in [0.2, 0.25) is 11.8 Å². The van der Waals surface area contributed by atoms with Crippen molar-refractivity contribution in [2.75, 3.05) is 33.8 Å². The highest BCUT2D eigenvalue weighted by Crippen LogP contribution is 2.29. The molecule has 1 aliphatic rings. The minimum Gasteiger partial charge on any atom is -0.496 e. The molecule has 3 rings (SSSR count). The van der Waals surface area contributed by atoms with Crippen LogP contribution in [0.1, 0.15) is 18.4 Å². The number of nitrogens with zero attached hydrogens (tertiary/aromatic N) is 2. The molecule has 8 nitrogen and oxygen atoms in total.